The summed E-state index contributed by atoms with van der Waals surface area (Å²) < 4.78 is 39.9. The number of alkyl carbamates (subject to hydrolysis) is 1. The summed E-state index contributed by atoms with van der Waals surface area (Å²) in [6.07, 6.45) is -1.14. The van der Waals surface area contributed by atoms with Gasteiger partial charge in [-0.15, -0.1) is 0 Å². The standard InChI is InChI=1S/C23H30F2N4O5/c1-23(2,3)34-22(32)27-16-8-13(11-33-19(16)14-7-12(24)5-6-15(14)25)29-9-17-18(10-29)28(4)20(26-17)21(30)31/h5-7,13,16-19H,8-11H2,1-4H3,(H,27,32)(H,30,31)/t13?,16?,17?,18?,19-/m1/s1. The van der Waals surface area contributed by atoms with Crippen LogP contribution < -0.4 is 5.32 Å². The molecule has 2 saturated heterocycles. The van der Waals surface area contributed by atoms with Gasteiger partial charge in [-0.3, -0.25) is 9.89 Å². The van der Waals surface area contributed by atoms with Crippen LogP contribution in [0.3, 0.4) is 0 Å². The molecule has 1 aromatic rings. The lowest BCUT2D eigenvalue weighted by molar-refractivity contribution is -0.130. The number of carbonyl (C=O) groups is 2. The van der Waals surface area contributed by atoms with E-state index in [1.807, 2.05) is 0 Å². The molecule has 0 aromatic heterocycles. The van der Waals surface area contributed by atoms with Crippen LogP contribution in [-0.4, -0.2) is 89.3 Å². The number of hydrogen-bond donors (Lipinski definition) is 2. The van der Waals surface area contributed by atoms with Gasteiger partial charge in [0.1, 0.15) is 23.3 Å². The van der Waals surface area contributed by atoms with Gasteiger partial charge in [0.05, 0.1) is 24.7 Å². The van der Waals surface area contributed by atoms with Crippen LogP contribution in [0.5, 0.6) is 0 Å². The fourth-order valence-electron chi connectivity index (χ4n) is 4.92. The zero-order valence-electron chi connectivity index (χ0n) is 19.6. The molecule has 3 heterocycles. The molecule has 0 spiro atoms. The van der Waals surface area contributed by atoms with Crippen molar-refractivity contribution in [2.45, 2.75) is 63.1 Å². The molecule has 0 saturated carbocycles. The summed E-state index contributed by atoms with van der Waals surface area (Å²) >= 11 is 0. The first-order valence-electron chi connectivity index (χ1n) is 11.3. The lowest BCUT2D eigenvalue weighted by atomic mass is 9.92. The lowest BCUT2D eigenvalue weighted by Crippen LogP contribution is -2.53. The van der Waals surface area contributed by atoms with Gasteiger partial charge in [0.15, 0.2) is 0 Å². The van der Waals surface area contributed by atoms with E-state index in [4.69, 9.17) is 9.47 Å². The Morgan fingerprint density at radius 2 is 2.00 bits per heavy atom. The highest BCUT2D eigenvalue weighted by Crippen LogP contribution is 2.35. The first kappa shape index (κ1) is 24.3. The molecule has 3 aliphatic heterocycles. The lowest BCUT2D eigenvalue weighted by Gasteiger charge is -2.41. The van der Waals surface area contributed by atoms with Gasteiger partial charge < -0.3 is 24.8 Å². The third-order valence-electron chi connectivity index (χ3n) is 6.44. The Labute approximate surface area is 196 Å². The number of halogens is 2. The maximum atomic E-state index is 14.6. The van der Waals surface area contributed by atoms with Crippen LogP contribution >= 0.6 is 0 Å². The molecule has 2 fully saturated rings. The van der Waals surface area contributed by atoms with Gasteiger partial charge in [0.25, 0.3) is 0 Å². The summed E-state index contributed by atoms with van der Waals surface area (Å²) in [5.41, 5.74) is -0.691. The number of carboxylic acids is 1. The number of amidine groups is 1. The van der Waals surface area contributed by atoms with E-state index in [-0.39, 0.29) is 36.1 Å². The Balaban J connectivity index is 1.52. The van der Waals surface area contributed by atoms with Crippen LogP contribution in [0, 0.1) is 11.6 Å². The second kappa shape index (κ2) is 9.10. The van der Waals surface area contributed by atoms with Crippen LogP contribution in [0.2, 0.25) is 0 Å². The molecular formula is C23H30F2N4O5. The van der Waals surface area contributed by atoms with Gasteiger partial charge in [-0.25, -0.2) is 18.4 Å². The minimum Gasteiger partial charge on any atom is -0.475 e. The molecule has 1 aromatic carbocycles. The van der Waals surface area contributed by atoms with E-state index < -0.39 is 41.4 Å². The fraction of sp³-hybridized carbons (Fsp3) is 0.609. The average Bonchev–Trinajstić information content (AvgIpc) is 3.28. The van der Waals surface area contributed by atoms with Crippen LogP contribution in [-0.2, 0) is 14.3 Å². The number of aliphatic carboxylic acids is 1. The first-order valence-corrected chi connectivity index (χ1v) is 11.3. The van der Waals surface area contributed by atoms with Crippen molar-refractivity contribution in [2.24, 2.45) is 4.99 Å². The quantitative estimate of drug-likeness (QED) is 0.681. The topological polar surface area (TPSA) is 104 Å². The maximum absolute atomic E-state index is 14.6. The van der Waals surface area contributed by atoms with Crippen molar-refractivity contribution in [3.8, 4) is 0 Å². The van der Waals surface area contributed by atoms with E-state index in [0.717, 1.165) is 18.2 Å². The summed E-state index contributed by atoms with van der Waals surface area (Å²) in [6.45, 7) is 6.57. The van der Waals surface area contributed by atoms with Gasteiger partial charge in [-0.2, -0.15) is 0 Å². The summed E-state index contributed by atoms with van der Waals surface area (Å²) in [5.74, 6) is -2.21. The van der Waals surface area contributed by atoms with Crippen molar-refractivity contribution in [2.75, 3.05) is 26.7 Å². The summed E-state index contributed by atoms with van der Waals surface area (Å²) in [7, 11) is 1.72. The Bertz CT molecular complexity index is 998. The Hall–Kier alpha value is -2.79. The molecule has 34 heavy (non-hydrogen) atoms. The molecule has 0 radical (unpaired) electrons. The molecule has 11 heteroatoms. The smallest absolute Gasteiger partial charge is 0.407 e. The highest BCUT2D eigenvalue weighted by Gasteiger charge is 2.47. The third-order valence-corrected chi connectivity index (χ3v) is 6.44. The van der Waals surface area contributed by atoms with Gasteiger partial charge in [-0.1, -0.05) is 0 Å². The van der Waals surface area contributed by atoms with Crippen molar-refractivity contribution in [3.63, 3.8) is 0 Å². The van der Waals surface area contributed by atoms with Crippen molar-refractivity contribution >= 4 is 17.9 Å². The number of amides is 1. The zero-order valence-corrected chi connectivity index (χ0v) is 19.6. The average molecular weight is 481 g/mol. The summed E-state index contributed by atoms with van der Waals surface area (Å²) in [6, 6.07) is 2.12. The number of benzene rings is 1. The highest BCUT2D eigenvalue weighted by molar-refractivity contribution is 6.35. The number of nitrogens with one attached hydrogen (secondary N) is 1. The van der Waals surface area contributed by atoms with E-state index in [1.165, 1.54) is 0 Å². The Kier molecular flexibility index (Phi) is 6.52. The van der Waals surface area contributed by atoms with Crippen molar-refractivity contribution in [1.82, 2.24) is 15.1 Å². The van der Waals surface area contributed by atoms with Gasteiger partial charge >= 0.3 is 12.1 Å². The van der Waals surface area contributed by atoms with E-state index in [2.05, 4.69) is 15.2 Å². The second-order valence-electron chi connectivity index (χ2n) is 10.0. The van der Waals surface area contributed by atoms with Gasteiger partial charge in [0.2, 0.25) is 5.84 Å². The van der Waals surface area contributed by atoms with Crippen LogP contribution in [0.25, 0.3) is 0 Å². The first-order chi connectivity index (χ1) is 15.9. The molecule has 2 N–H and O–H groups in total. The minimum absolute atomic E-state index is 0.0354. The molecule has 9 nitrogen and oxygen atoms in total. The Morgan fingerprint density at radius 3 is 2.65 bits per heavy atom. The number of fused-ring (bicyclic) bond motifs is 1. The molecule has 186 valence electrons. The van der Waals surface area contributed by atoms with E-state index in [0.29, 0.717) is 19.5 Å². The van der Waals surface area contributed by atoms with Crippen molar-refractivity contribution in [1.29, 1.82) is 0 Å². The molecule has 3 aliphatic rings. The normalized spacial score (nSPS) is 29.5. The van der Waals surface area contributed by atoms with E-state index in [9.17, 15) is 23.5 Å². The monoisotopic (exact) mass is 480 g/mol. The van der Waals surface area contributed by atoms with E-state index >= 15 is 0 Å². The molecule has 5 atom stereocenters. The summed E-state index contributed by atoms with van der Waals surface area (Å²) in [4.78, 5) is 32.1. The predicted molar refractivity (Wildman–Crippen MR) is 119 cm³/mol. The third kappa shape index (κ3) is 5.00. The number of aliphatic imine (C=N–C) groups is 1. The number of ether oxygens (including phenoxy) is 2. The molecular weight excluding hydrogens is 450 g/mol. The van der Waals surface area contributed by atoms with Crippen molar-refractivity contribution < 1.29 is 33.0 Å². The van der Waals surface area contributed by atoms with Gasteiger partial charge in [0, 0.05) is 31.7 Å². The maximum Gasteiger partial charge on any atom is 0.407 e. The van der Waals surface area contributed by atoms with Crippen LogP contribution in [0.1, 0.15) is 38.9 Å². The molecule has 4 unspecified atom stereocenters. The number of hydrogen-bond acceptors (Lipinski definition) is 7. The largest absolute Gasteiger partial charge is 0.475 e. The predicted octanol–water partition coefficient (Wildman–Crippen LogP) is 2.17. The number of likely N-dealkylation sites (tertiary alicyclic amines) is 1. The number of rotatable bonds is 4. The zero-order chi connectivity index (χ0) is 24.8. The van der Waals surface area contributed by atoms with Crippen LogP contribution in [0.15, 0.2) is 23.2 Å². The fourth-order valence-corrected chi connectivity index (χ4v) is 4.92. The molecule has 0 aliphatic carbocycles. The molecule has 0 bridgehead atoms. The van der Waals surface area contributed by atoms with Crippen LogP contribution in [0.4, 0.5) is 13.6 Å². The van der Waals surface area contributed by atoms with Gasteiger partial charge in [-0.05, 0) is 45.4 Å². The van der Waals surface area contributed by atoms with E-state index in [1.54, 1.807) is 32.7 Å². The number of nitrogens with zero attached hydrogens (tertiary/aromatic N) is 3. The number of carbonyl (C=O) groups excluding carboxylic acids is 1. The number of likely N-dealkylation sites (N-methyl/N-ethyl adjacent to an activating group) is 1. The minimum atomic E-state index is -1.05. The highest BCUT2D eigenvalue weighted by atomic mass is 19.1. The SMILES string of the molecule is CN1C(C(=O)O)=NC2CN(C3CO[C@H](c4cc(F)ccc4F)C(NC(=O)OC(C)(C)C)C3)CC21. The molecule has 1 amide bonds. The second-order valence-corrected chi connectivity index (χ2v) is 10.0. The van der Waals surface area contributed by atoms with Crippen molar-refractivity contribution in [3.05, 3.63) is 35.4 Å². The Morgan fingerprint density at radius 1 is 1.26 bits per heavy atom. The summed E-state index contributed by atoms with van der Waals surface area (Å²) in [5, 5.41) is 12.1. The molecule has 4 rings (SSSR count). The number of carboxylic acid groups (broad SMARTS) is 1.